The third kappa shape index (κ3) is 2.82. The first-order valence-electron chi connectivity index (χ1n) is 8.17. The van der Waals surface area contributed by atoms with Crippen molar-refractivity contribution in [1.29, 1.82) is 0 Å². The first-order valence-corrected chi connectivity index (χ1v) is 8.17. The van der Waals surface area contributed by atoms with Crippen molar-refractivity contribution in [2.24, 2.45) is 0 Å². The molecule has 0 aliphatic carbocycles. The van der Waals surface area contributed by atoms with Crippen LogP contribution in [0, 0.1) is 6.92 Å². The van der Waals surface area contributed by atoms with E-state index in [1.54, 1.807) is 0 Å². The molecule has 0 bridgehead atoms. The van der Waals surface area contributed by atoms with E-state index in [4.69, 9.17) is 9.15 Å². The Morgan fingerprint density at radius 2 is 2.04 bits per heavy atom. The average molecular weight is 361 g/mol. The zero-order valence-electron chi connectivity index (χ0n) is 14.0. The number of anilines is 1. The number of hydrogen-bond donors (Lipinski definition) is 4. The van der Waals surface area contributed by atoms with Crippen LogP contribution in [0.1, 0.15) is 17.7 Å². The van der Waals surface area contributed by atoms with Crippen molar-refractivity contribution < 1.29 is 24.5 Å². The van der Waals surface area contributed by atoms with Gasteiger partial charge in [0.2, 0.25) is 0 Å². The number of hydrogen-bond acceptors (Lipinski definition) is 9. The van der Waals surface area contributed by atoms with Crippen molar-refractivity contribution in [3.8, 4) is 0 Å². The molecule has 3 aromatic heterocycles. The summed E-state index contributed by atoms with van der Waals surface area (Å²) in [5.41, 5.74) is 0.932. The molecule has 0 amide bonds. The highest BCUT2D eigenvalue weighted by Gasteiger charge is 2.44. The summed E-state index contributed by atoms with van der Waals surface area (Å²) >= 11 is 0. The number of ether oxygens (including phenoxy) is 1. The molecule has 3 aromatic rings. The zero-order chi connectivity index (χ0) is 18.3. The number of aryl methyl sites for hydroxylation is 1. The summed E-state index contributed by atoms with van der Waals surface area (Å²) in [5, 5.41) is 32.5. The van der Waals surface area contributed by atoms with Gasteiger partial charge in [-0.2, -0.15) is 0 Å². The predicted molar refractivity (Wildman–Crippen MR) is 89.1 cm³/mol. The number of furan rings is 1. The number of aromatic nitrogens is 4. The van der Waals surface area contributed by atoms with Crippen molar-refractivity contribution >= 4 is 17.0 Å². The smallest absolute Gasteiger partial charge is 0.167 e. The van der Waals surface area contributed by atoms with Crippen molar-refractivity contribution in [2.45, 2.75) is 38.0 Å². The Bertz CT molecular complexity index is 909. The van der Waals surface area contributed by atoms with Crippen LogP contribution in [0.4, 0.5) is 5.82 Å². The van der Waals surface area contributed by atoms with Crippen LogP contribution in [-0.4, -0.2) is 59.8 Å². The third-order valence-corrected chi connectivity index (χ3v) is 4.38. The van der Waals surface area contributed by atoms with Crippen molar-refractivity contribution in [1.82, 2.24) is 19.5 Å². The molecule has 1 saturated heterocycles. The summed E-state index contributed by atoms with van der Waals surface area (Å²) in [6.45, 7) is 1.90. The summed E-state index contributed by atoms with van der Waals surface area (Å²) in [4.78, 5) is 12.7. The fraction of sp³-hybridized carbons (Fsp3) is 0.438. The number of fused-ring (bicyclic) bond motifs is 1. The van der Waals surface area contributed by atoms with E-state index in [1.807, 2.05) is 19.1 Å². The van der Waals surface area contributed by atoms with Gasteiger partial charge in [0.05, 0.1) is 19.5 Å². The molecule has 10 nitrogen and oxygen atoms in total. The Balaban J connectivity index is 1.61. The number of nitrogens with one attached hydrogen (secondary N) is 1. The van der Waals surface area contributed by atoms with E-state index in [9.17, 15) is 15.3 Å². The maximum Gasteiger partial charge on any atom is 0.167 e. The SMILES string of the molecule is Cc1ccc(CNc2ncnc3c2ncn3[C@@H]2O[C@H](CO)C(O)[C@@H]2O)o1. The average Bonchev–Trinajstić information content (AvgIpc) is 3.32. The van der Waals surface area contributed by atoms with Crippen LogP contribution < -0.4 is 5.32 Å². The highest BCUT2D eigenvalue weighted by Crippen LogP contribution is 2.32. The van der Waals surface area contributed by atoms with Gasteiger partial charge in [-0.1, -0.05) is 0 Å². The van der Waals surface area contributed by atoms with Gasteiger partial charge in [0, 0.05) is 0 Å². The second kappa shape index (κ2) is 6.65. The highest BCUT2D eigenvalue weighted by atomic mass is 16.6. The van der Waals surface area contributed by atoms with Crippen LogP contribution >= 0.6 is 0 Å². The van der Waals surface area contributed by atoms with Crippen molar-refractivity contribution in [2.75, 3.05) is 11.9 Å². The lowest BCUT2D eigenvalue weighted by atomic mass is 10.1. The quantitative estimate of drug-likeness (QED) is 0.492. The van der Waals surface area contributed by atoms with E-state index in [0.717, 1.165) is 11.5 Å². The maximum atomic E-state index is 10.2. The molecule has 4 atom stereocenters. The normalized spacial score (nSPS) is 25.8. The molecule has 0 saturated carbocycles. The van der Waals surface area contributed by atoms with Gasteiger partial charge in [0.25, 0.3) is 0 Å². The first-order chi connectivity index (χ1) is 12.6. The van der Waals surface area contributed by atoms with E-state index in [0.29, 0.717) is 23.5 Å². The lowest BCUT2D eigenvalue weighted by molar-refractivity contribution is -0.0511. The fourth-order valence-electron chi connectivity index (χ4n) is 3.03. The van der Waals surface area contributed by atoms with E-state index < -0.39 is 31.1 Å². The number of rotatable bonds is 5. The van der Waals surface area contributed by atoms with Crippen LogP contribution in [-0.2, 0) is 11.3 Å². The molecule has 10 heteroatoms. The van der Waals surface area contributed by atoms with E-state index in [2.05, 4.69) is 20.3 Å². The Morgan fingerprint density at radius 3 is 2.73 bits per heavy atom. The van der Waals surface area contributed by atoms with Crippen LogP contribution in [0.3, 0.4) is 0 Å². The largest absolute Gasteiger partial charge is 0.465 e. The fourth-order valence-corrected chi connectivity index (χ4v) is 3.03. The summed E-state index contributed by atoms with van der Waals surface area (Å²) in [6.07, 6.45) is -1.33. The molecule has 0 radical (unpaired) electrons. The second-order valence-corrected chi connectivity index (χ2v) is 6.14. The molecule has 0 aromatic carbocycles. The van der Waals surface area contributed by atoms with E-state index in [1.165, 1.54) is 17.2 Å². The van der Waals surface area contributed by atoms with Gasteiger partial charge in [-0.25, -0.2) is 15.0 Å². The van der Waals surface area contributed by atoms with E-state index >= 15 is 0 Å². The molecule has 4 rings (SSSR count). The number of aliphatic hydroxyl groups excluding tert-OH is 3. The van der Waals surface area contributed by atoms with Gasteiger partial charge in [-0.15, -0.1) is 0 Å². The van der Waals surface area contributed by atoms with Crippen LogP contribution in [0.5, 0.6) is 0 Å². The first kappa shape index (κ1) is 16.9. The Hall–Kier alpha value is -2.53. The molecule has 1 fully saturated rings. The lowest BCUT2D eigenvalue weighted by Gasteiger charge is -2.16. The zero-order valence-corrected chi connectivity index (χ0v) is 14.0. The molecule has 4 N–H and O–H groups in total. The Kier molecular flexibility index (Phi) is 4.32. The highest BCUT2D eigenvalue weighted by molar-refractivity contribution is 5.82. The van der Waals surface area contributed by atoms with Crippen LogP contribution in [0.25, 0.3) is 11.2 Å². The van der Waals surface area contributed by atoms with Gasteiger partial charge in [-0.05, 0) is 19.1 Å². The summed E-state index contributed by atoms with van der Waals surface area (Å²) in [5.74, 6) is 2.09. The van der Waals surface area contributed by atoms with Crippen LogP contribution in [0.15, 0.2) is 29.2 Å². The monoisotopic (exact) mass is 361 g/mol. The van der Waals surface area contributed by atoms with Gasteiger partial charge in [0.15, 0.2) is 23.2 Å². The molecular formula is C16H19N5O5. The molecule has 26 heavy (non-hydrogen) atoms. The maximum absolute atomic E-state index is 10.2. The minimum atomic E-state index is -1.21. The van der Waals surface area contributed by atoms with Gasteiger partial charge in [0.1, 0.15) is 36.2 Å². The van der Waals surface area contributed by atoms with Gasteiger partial charge in [-0.3, -0.25) is 4.57 Å². The Morgan fingerprint density at radius 1 is 1.19 bits per heavy atom. The summed E-state index contributed by atoms with van der Waals surface area (Å²) in [6, 6.07) is 3.75. The number of nitrogens with zero attached hydrogens (tertiary/aromatic N) is 4. The number of imidazole rings is 1. The third-order valence-electron chi connectivity index (χ3n) is 4.38. The van der Waals surface area contributed by atoms with Crippen molar-refractivity contribution in [3.05, 3.63) is 36.3 Å². The minimum absolute atomic E-state index is 0.397. The number of aliphatic hydroxyl groups is 3. The molecule has 4 heterocycles. The molecule has 1 aliphatic heterocycles. The molecule has 1 aliphatic rings. The lowest BCUT2D eigenvalue weighted by Crippen LogP contribution is -2.33. The predicted octanol–water partition coefficient (Wildman–Crippen LogP) is -0.0487. The topological polar surface area (TPSA) is 139 Å². The molecular weight excluding hydrogens is 342 g/mol. The summed E-state index contributed by atoms with van der Waals surface area (Å²) in [7, 11) is 0. The standard InChI is InChI=1S/C16H19N5O5/c1-8-2-3-9(25-8)4-17-14-11-15(19-6-18-14)21(7-20-11)16-13(24)12(23)10(5-22)26-16/h2-3,6-7,10,12-13,16,22-24H,4-5H2,1H3,(H,17,18,19)/t10-,12?,13+,16-/m1/s1. The Labute approximate surface area is 148 Å². The molecule has 0 spiro atoms. The molecule has 138 valence electrons. The van der Waals surface area contributed by atoms with E-state index in [-0.39, 0.29) is 0 Å². The van der Waals surface area contributed by atoms with Gasteiger partial charge >= 0.3 is 0 Å². The minimum Gasteiger partial charge on any atom is -0.465 e. The van der Waals surface area contributed by atoms with Crippen molar-refractivity contribution in [3.63, 3.8) is 0 Å². The summed E-state index contributed by atoms with van der Waals surface area (Å²) < 4.78 is 12.6. The van der Waals surface area contributed by atoms with Gasteiger partial charge < -0.3 is 29.8 Å². The van der Waals surface area contributed by atoms with Crippen LogP contribution in [0.2, 0.25) is 0 Å². The molecule has 1 unspecified atom stereocenters. The second-order valence-electron chi connectivity index (χ2n) is 6.14.